The third-order valence-electron chi connectivity index (χ3n) is 3.09. The highest BCUT2D eigenvalue weighted by Gasteiger charge is 2.48. The van der Waals surface area contributed by atoms with E-state index in [1.165, 1.54) is 0 Å². The summed E-state index contributed by atoms with van der Waals surface area (Å²) in [5, 5.41) is 0. The lowest BCUT2D eigenvalue weighted by Gasteiger charge is -2.44. The van der Waals surface area contributed by atoms with Crippen molar-refractivity contribution in [2.45, 2.75) is 9.28 Å². The van der Waals surface area contributed by atoms with Crippen molar-refractivity contribution < 1.29 is 0 Å². The number of nitrogens with zero attached hydrogens (tertiary/aromatic N) is 1. The molecule has 0 fully saturated rings. The van der Waals surface area contributed by atoms with Crippen LogP contribution in [-0.4, -0.2) is 16.3 Å². The van der Waals surface area contributed by atoms with Crippen molar-refractivity contribution >= 4 is 101 Å². The van der Waals surface area contributed by atoms with E-state index in [0.717, 1.165) is 23.6 Å². The molecule has 0 radical (unpaired) electrons. The van der Waals surface area contributed by atoms with Gasteiger partial charge < -0.3 is 4.90 Å². The molecule has 0 saturated carbocycles. The topological polar surface area (TPSA) is 3.24 Å². The number of alkyl halides is 2. The van der Waals surface area contributed by atoms with Crippen LogP contribution in [0.4, 0.5) is 5.69 Å². The first-order chi connectivity index (χ1) is 9.31. The van der Waals surface area contributed by atoms with Gasteiger partial charge in [0.2, 0.25) is 0 Å². The van der Waals surface area contributed by atoms with Crippen LogP contribution < -0.4 is 4.90 Å². The van der Waals surface area contributed by atoms with Gasteiger partial charge in [-0.25, -0.2) is 0 Å². The molecule has 7 heteroatoms. The van der Waals surface area contributed by atoms with Crippen LogP contribution in [0.3, 0.4) is 0 Å². The van der Waals surface area contributed by atoms with E-state index in [1.807, 2.05) is 18.2 Å². The number of halogens is 6. The molecule has 1 aromatic carbocycles. The first-order valence-electron chi connectivity index (χ1n) is 5.55. The van der Waals surface area contributed by atoms with Crippen LogP contribution in [-0.2, 0) is 0 Å². The van der Waals surface area contributed by atoms with Crippen LogP contribution in [0.15, 0.2) is 48.3 Å². The highest BCUT2D eigenvalue weighted by molar-refractivity contribution is 9.18. The molecule has 1 nitrogen and oxygen atoms in total. The van der Waals surface area contributed by atoms with Gasteiger partial charge in [-0.2, -0.15) is 0 Å². The summed E-state index contributed by atoms with van der Waals surface area (Å²) < 4.78 is 3.56. The van der Waals surface area contributed by atoms with E-state index in [-0.39, 0.29) is 4.83 Å². The lowest BCUT2D eigenvalue weighted by Crippen LogP contribution is -2.50. The first-order valence-corrected chi connectivity index (χ1v) is 10.4. The van der Waals surface area contributed by atoms with Crippen LogP contribution in [0.1, 0.15) is 0 Å². The maximum Gasteiger partial charge on any atom is 0.146 e. The number of anilines is 1. The second-order valence-corrected chi connectivity index (χ2v) is 9.58. The quantitative estimate of drug-likeness (QED) is 0.245. The van der Waals surface area contributed by atoms with Crippen molar-refractivity contribution in [3.63, 3.8) is 0 Å². The van der Waals surface area contributed by atoms with Gasteiger partial charge in [0.1, 0.15) is 4.45 Å². The number of hydrogen-bond donors (Lipinski definition) is 0. The van der Waals surface area contributed by atoms with E-state index in [0.29, 0.717) is 0 Å². The van der Waals surface area contributed by atoms with Crippen molar-refractivity contribution in [1.29, 1.82) is 0 Å². The Morgan fingerprint density at radius 3 is 2.10 bits per heavy atom. The van der Waals surface area contributed by atoms with Crippen molar-refractivity contribution in [1.82, 2.24) is 0 Å². The average Bonchev–Trinajstić information content (AvgIpc) is 2.49. The summed E-state index contributed by atoms with van der Waals surface area (Å²) in [6.45, 7) is 0. The van der Waals surface area contributed by atoms with E-state index in [9.17, 15) is 0 Å². The van der Waals surface area contributed by atoms with Crippen LogP contribution in [0.25, 0.3) is 0 Å². The lowest BCUT2D eigenvalue weighted by molar-refractivity contribution is 0.716. The van der Waals surface area contributed by atoms with Crippen molar-refractivity contribution in [3.8, 4) is 0 Å². The maximum absolute atomic E-state index is 3.90. The van der Waals surface area contributed by atoms with Crippen molar-refractivity contribution in [3.05, 3.63) is 48.3 Å². The molecular formula is C13H9Br6N. The monoisotopic (exact) mass is 653 g/mol. The Bertz CT molecular complexity index is 582. The standard InChI is InChI=1S/C13H9Br6N/c1-20(7-5-3-2-4-6-7)13(19)11(17)9(15)8(14)10(16)12(13)18/h2-6,11H,1H3. The minimum Gasteiger partial charge on any atom is -0.354 e. The summed E-state index contributed by atoms with van der Waals surface area (Å²) in [6, 6.07) is 10.2. The smallest absolute Gasteiger partial charge is 0.146 e. The zero-order valence-corrected chi connectivity index (χ0v) is 19.7. The van der Waals surface area contributed by atoms with Gasteiger partial charge in [0.15, 0.2) is 0 Å². The molecule has 1 aliphatic rings. The zero-order valence-electron chi connectivity index (χ0n) is 10.2. The van der Waals surface area contributed by atoms with Gasteiger partial charge in [0.25, 0.3) is 0 Å². The van der Waals surface area contributed by atoms with Gasteiger partial charge in [-0.15, -0.1) is 0 Å². The number of para-hydroxylation sites is 1. The number of likely N-dealkylation sites (N-methyl/N-ethyl adjacent to an activating group) is 1. The van der Waals surface area contributed by atoms with Gasteiger partial charge >= 0.3 is 0 Å². The van der Waals surface area contributed by atoms with E-state index in [4.69, 9.17) is 0 Å². The summed E-state index contributed by atoms with van der Waals surface area (Å²) in [5.74, 6) is 0. The Hall–Kier alpha value is 1.38. The van der Waals surface area contributed by atoms with Crippen molar-refractivity contribution in [2.24, 2.45) is 0 Å². The molecule has 0 saturated heterocycles. The van der Waals surface area contributed by atoms with Gasteiger partial charge in [0, 0.05) is 30.7 Å². The van der Waals surface area contributed by atoms with Crippen LogP contribution in [0.5, 0.6) is 0 Å². The highest BCUT2D eigenvalue weighted by Crippen LogP contribution is 2.55. The summed E-state index contributed by atoms with van der Waals surface area (Å²) in [7, 11) is 2.05. The minimum atomic E-state index is -0.441. The molecular weight excluding hydrogens is 650 g/mol. The average molecular weight is 659 g/mol. The third-order valence-corrected chi connectivity index (χ3v) is 12.4. The summed E-state index contributed by atoms with van der Waals surface area (Å²) >= 11 is 22.2. The van der Waals surface area contributed by atoms with Crippen molar-refractivity contribution in [2.75, 3.05) is 11.9 Å². The minimum absolute atomic E-state index is 0.0326. The molecule has 20 heavy (non-hydrogen) atoms. The lowest BCUT2D eigenvalue weighted by atomic mass is 10.1. The molecule has 2 unspecified atom stereocenters. The molecule has 1 aliphatic carbocycles. The van der Waals surface area contributed by atoms with Gasteiger partial charge in [-0.05, 0) is 44.0 Å². The van der Waals surface area contributed by atoms with E-state index >= 15 is 0 Å². The van der Waals surface area contributed by atoms with E-state index in [2.05, 4.69) is 120 Å². The first kappa shape index (κ1) is 17.7. The molecule has 0 heterocycles. The normalized spacial score (nSPS) is 27.1. The third kappa shape index (κ3) is 2.92. The summed E-state index contributed by atoms with van der Waals surface area (Å²) in [6.07, 6.45) is 0. The number of hydrogen-bond acceptors (Lipinski definition) is 1. The van der Waals surface area contributed by atoms with Crippen LogP contribution in [0.2, 0.25) is 0 Å². The molecule has 2 rings (SSSR count). The number of rotatable bonds is 2. The fourth-order valence-electron chi connectivity index (χ4n) is 1.90. The molecule has 0 aromatic heterocycles. The molecule has 1 aromatic rings. The predicted molar refractivity (Wildman–Crippen MR) is 109 cm³/mol. The molecule has 108 valence electrons. The second kappa shape index (κ2) is 6.87. The molecule has 0 bridgehead atoms. The Balaban J connectivity index is 2.55. The van der Waals surface area contributed by atoms with E-state index < -0.39 is 4.45 Å². The Morgan fingerprint density at radius 1 is 1.00 bits per heavy atom. The highest BCUT2D eigenvalue weighted by atomic mass is 79.9. The summed E-state index contributed by atoms with van der Waals surface area (Å²) in [5.41, 5.74) is 1.12. The Labute approximate surface area is 169 Å². The molecule has 0 amide bonds. The summed E-state index contributed by atoms with van der Waals surface area (Å²) in [4.78, 5) is 2.21. The SMILES string of the molecule is CN(c1ccccc1)C1(Br)C(Br)=C(Br)C(Br)=C(Br)C1Br. The number of benzene rings is 1. The largest absolute Gasteiger partial charge is 0.354 e. The Morgan fingerprint density at radius 2 is 1.55 bits per heavy atom. The fraction of sp³-hybridized carbons (Fsp3) is 0.231. The molecule has 0 spiro atoms. The van der Waals surface area contributed by atoms with Crippen LogP contribution in [0, 0.1) is 0 Å². The van der Waals surface area contributed by atoms with Gasteiger partial charge in [-0.1, -0.05) is 81.9 Å². The van der Waals surface area contributed by atoms with E-state index in [1.54, 1.807) is 0 Å². The van der Waals surface area contributed by atoms with Gasteiger partial charge in [0.05, 0.1) is 4.83 Å². The second-order valence-electron chi connectivity index (χ2n) is 4.22. The van der Waals surface area contributed by atoms with Crippen LogP contribution >= 0.6 is 95.6 Å². The molecule has 0 aliphatic heterocycles. The Kier molecular flexibility index (Phi) is 6.09. The van der Waals surface area contributed by atoms with Gasteiger partial charge in [-0.3, -0.25) is 0 Å². The fourth-order valence-corrected chi connectivity index (χ4v) is 7.18. The number of allylic oxidation sites excluding steroid dienone is 2. The predicted octanol–water partition coefficient (Wildman–Crippen LogP) is 6.99. The zero-order chi connectivity index (χ0) is 15.1. The molecule has 0 N–H and O–H groups in total. The maximum atomic E-state index is 3.90. The molecule has 2 atom stereocenters.